The van der Waals surface area contributed by atoms with Gasteiger partial charge >= 0.3 is 18.2 Å². The lowest BCUT2D eigenvalue weighted by Crippen LogP contribution is -2.35. The molecule has 12 heteroatoms. The molecule has 2 aromatic carbocycles. The number of halogens is 4. The quantitative estimate of drug-likeness (QED) is 0.191. The molecule has 1 aromatic heterocycles. The molecule has 0 bridgehead atoms. The molecule has 2 atom stereocenters. The van der Waals surface area contributed by atoms with Gasteiger partial charge in [0.2, 0.25) is 0 Å². The minimum Gasteiger partial charge on any atom is -0.493 e. The first-order valence-corrected chi connectivity index (χ1v) is 14.8. The monoisotopic (exact) mass is 641 g/mol. The van der Waals surface area contributed by atoms with E-state index in [9.17, 15) is 22.8 Å². The fourth-order valence-corrected chi connectivity index (χ4v) is 6.16. The van der Waals surface area contributed by atoms with Crippen molar-refractivity contribution < 1.29 is 41.4 Å². The van der Waals surface area contributed by atoms with Crippen molar-refractivity contribution in [2.45, 2.75) is 65.3 Å². The van der Waals surface area contributed by atoms with Gasteiger partial charge in [-0.2, -0.15) is 13.2 Å². The highest BCUT2D eigenvalue weighted by atomic mass is 19.4. The molecule has 46 heavy (non-hydrogen) atoms. The number of alkyl halides is 3. The van der Waals surface area contributed by atoms with Crippen molar-refractivity contribution in [3.05, 3.63) is 81.9 Å². The van der Waals surface area contributed by atoms with Crippen molar-refractivity contribution in [2.75, 3.05) is 20.8 Å². The van der Waals surface area contributed by atoms with E-state index in [1.54, 1.807) is 19.9 Å². The van der Waals surface area contributed by atoms with Crippen molar-refractivity contribution in [1.82, 2.24) is 14.9 Å². The molecule has 244 valence electrons. The fourth-order valence-electron chi connectivity index (χ4n) is 6.16. The molecule has 2 heterocycles. The molecule has 1 aliphatic carbocycles. The maximum absolute atomic E-state index is 15.2. The van der Waals surface area contributed by atoms with Crippen LogP contribution >= 0.6 is 0 Å². The number of hydrogen-bond donors (Lipinski definition) is 0. The summed E-state index contributed by atoms with van der Waals surface area (Å²) < 4.78 is 71.8. The lowest BCUT2D eigenvalue weighted by Gasteiger charge is -2.35. The number of benzene rings is 2. The highest BCUT2D eigenvalue weighted by Crippen LogP contribution is 2.46. The number of rotatable bonds is 7. The predicted molar refractivity (Wildman–Crippen MR) is 161 cm³/mol. The first kappa shape index (κ1) is 32.9. The van der Waals surface area contributed by atoms with Gasteiger partial charge in [-0.15, -0.1) is 0 Å². The molecule has 1 aliphatic heterocycles. The number of aryl methyl sites for hydroxylation is 1. The Morgan fingerprint density at radius 3 is 2.54 bits per heavy atom. The summed E-state index contributed by atoms with van der Waals surface area (Å²) in [6.07, 6.45) is -2.65. The van der Waals surface area contributed by atoms with Gasteiger partial charge in [0.1, 0.15) is 17.6 Å². The molecule has 1 amide bonds. The summed E-state index contributed by atoms with van der Waals surface area (Å²) in [6.45, 7) is 7.71. The summed E-state index contributed by atoms with van der Waals surface area (Å²) in [6, 6.07) is 7.02. The normalized spacial score (nSPS) is 19.7. The molecular weight excluding hydrogens is 606 g/mol. The third-order valence-corrected chi connectivity index (χ3v) is 8.57. The highest BCUT2D eigenvalue weighted by Gasteiger charge is 2.42. The van der Waals surface area contributed by atoms with Crippen LogP contribution in [0.3, 0.4) is 0 Å². The molecule has 0 N–H and O–H groups in total. The largest absolute Gasteiger partial charge is 0.493 e. The molecule has 0 radical (unpaired) electrons. The van der Waals surface area contributed by atoms with Crippen molar-refractivity contribution in [2.24, 2.45) is 5.41 Å². The first-order chi connectivity index (χ1) is 21.6. The number of amides is 1. The number of carbonyl (C=O) groups is 2. The standard InChI is InChI=1S/C34H35F4N3O5/c1-18-11-21(13-23(12-18)34(36,37)38)29-19(2)41(32(43)46-29)17-22-15-33(3,4)10-9-24(22)28-27(44-5)16-39-30(40-28)25-8-7-20(14-26(25)35)31(42)45-6/h7-8,11-14,16,19,29H,9-10,15,17H2,1-6H3/t19-,29-/m0/s1. The van der Waals surface area contributed by atoms with E-state index in [2.05, 4.69) is 23.6 Å². The molecule has 2 aliphatic rings. The molecule has 0 saturated carbocycles. The number of aromatic nitrogens is 2. The Morgan fingerprint density at radius 1 is 1.15 bits per heavy atom. The third kappa shape index (κ3) is 6.56. The SMILES string of the molecule is COC(=O)c1ccc(-c2ncc(OC)c(C3=C(CN4C(=O)O[C@H](c5cc(C)cc(C(F)(F)F)c5)[C@@H]4C)CC(C)(C)CC3)n2)c(F)c1. The van der Waals surface area contributed by atoms with Gasteiger partial charge in [-0.3, -0.25) is 4.90 Å². The second-order valence-electron chi connectivity index (χ2n) is 12.5. The Bertz CT molecular complexity index is 1720. The zero-order chi connectivity index (χ0) is 33.6. The smallest absolute Gasteiger partial charge is 0.416 e. The number of nitrogens with zero attached hydrogens (tertiary/aromatic N) is 3. The third-order valence-electron chi connectivity index (χ3n) is 8.57. The zero-order valence-corrected chi connectivity index (χ0v) is 26.4. The Morgan fingerprint density at radius 2 is 1.89 bits per heavy atom. The van der Waals surface area contributed by atoms with Crippen LogP contribution in [0.15, 0.2) is 48.2 Å². The molecule has 0 unspecified atom stereocenters. The molecule has 5 rings (SSSR count). The van der Waals surface area contributed by atoms with Gasteiger partial charge in [0.05, 0.1) is 43.1 Å². The van der Waals surface area contributed by atoms with Crippen molar-refractivity contribution in [3.63, 3.8) is 0 Å². The van der Waals surface area contributed by atoms with Crippen molar-refractivity contribution in [1.29, 1.82) is 0 Å². The van der Waals surface area contributed by atoms with Gasteiger partial charge in [-0.1, -0.05) is 25.5 Å². The topological polar surface area (TPSA) is 90.9 Å². The van der Waals surface area contributed by atoms with Crippen molar-refractivity contribution in [3.8, 4) is 17.1 Å². The predicted octanol–water partition coefficient (Wildman–Crippen LogP) is 7.95. The van der Waals surface area contributed by atoms with Gasteiger partial charge in [-0.25, -0.2) is 23.9 Å². The molecule has 1 saturated heterocycles. The van der Waals surface area contributed by atoms with Gasteiger partial charge in [0.25, 0.3) is 0 Å². The fraction of sp³-hybridized carbons (Fsp3) is 0.412. The van der Waals surface area contributed by atoms with E-state index < -0.39 is 41.8 Å². The lowest BCUT2D eigenvalue weighted by atomic mass is 9.73. The van der Waals surface area contributed by atoms with Crippen LogP contribution in [0.2, 0.25) is 0 Å². The maximum atomic E-state index is 15.2. The van der Waals surface area contributed by atoms with Crippen LogP contribution in [0.5, 0.6) is 5.75 Å². The Kier molecular flexibility index (Phi) is 8.85. The lowest BCUT2D eigenvalue weighted by molar-refractivity contribution is -0.137. The molecule has 0 spiro atoms. The summed E-state index contributed by atoms with van der Waals surface area (Å²) >= 11 is 0. The van der Waals surface area contributed by atoms with Crippen LogP contribution in [0.25, 0.3) is 17.0 Å². The number of methoxy groups -OCH3 is 2. The van der Waals surface area contributed by atoms with Crippen LogP contribution in [0, 0.1) is 18.2 Å². The first-order valence-electron chi connectivity index (χ1n) is 14.8. The van der Waals surface area contributed by atoms with E-state index >= 15 is 4.39 Å². The van der Waals surface area contributed by atoms with Crippen LogP contribution < -0.4 is 4.74 Å². The van der Waals surface area contributed by atoms with Gasteiger partial charge < -0.3 is 14.2 Å². The van der Waals surface area contributed by atoms with Crippen LogP contribution in [-0.2, 0) is 15.7 Å². The Labute approximate surface area is 264 Å². The van der Waals surface area contributed by atoms with Gasteiger partial charge in [0.15, 0.2) is 11.6 Å². The number of allylic oxidation sites excluding steroid dienone is 1. The second-order valence-corrected chi connectivity index (χ2v) is 12.5. The van der Waals surface area contributed by atoms with Crippen LogP contribution in [0.1, 0.15) is 78.9 Å². The number of esters is 1. The summed E-state index contributed by atoms with van der Waals surface area (Å²) in [5.74, 6) is -0.948. The number of hydrogen-bond acceptors (Lipinski definition) is 7. The van der Waals surface area contributed by atoms with Gasteiger partial charge in [-0.05, 0) is 85.6 Å². The van der Waals surface area contributed by atoms with Crippen LogP contribution in [0.4, 0.5) is 22.4 Å². The maximum Gasteiger partial charge on any atom is 0.416 e. The minimum atomic E-state index is -4.54. The average Bonchev–Trinajstić information content (AvgIpc) is 3.27. The van der Waals surface area contributed by atoms with E-state index in [1.807, 2.05) is 0 Å². The summed E-state index contributed by atoms with van der Waals surface area (Å²) in [5.41, 5.74) is 2.02. The Hall–Kier alpha value is -4.48. The second kappa shape index (κ2) is 12.4. The Balaban J connectivity index is 1.53. The number of ether oxygens (including phenoxy) is 3. The van der Waals surface area contributed by atoms with Gasteiger partial charge in [0, 0.05) is 6.54 Å². The zero-order valence-electron chi connectivity index (χ0n) is 26.4. The van der Waals surface area contributed by atoms with Crippen molar-refractivity contribution >= 4 is 17.6 Å². The summed E-state index contributed by atoms with van der Waals surface area (Å²) in [7, 11) is 2.68. The molecule has 8 nitrogen and oxygen atoms in total. The number of cyclic esters (lactones) is 1. The summed E-state index contributed by atoms with van der Waals surface area (Å²) in [5, 5.41) is 0. The summed E-state index contributed by atoms with van der Waals surface area (Å²) in [4.78, 5) is 35.7. The van der Waals surface area contributed by atoms with E-state index in [0.29, 0.717) is 29.8 Å². The van der Waals surface area contributed by atoms with Crippen LogP contribution in [-0.4, -0.2) is 53.7 Å². The van der Waals surface area contributed by atoms with E-state index in [4.69, 9.17) is 14.5 Å². The molecule has 1 fully saturated rings. The molecular formula is C34H35F4N3O5. The minimum absolute atomic E-state index is 0.0437. The number of carbonyl (C=O) groups excluding carboxylic acids is 2. The molecule has 3 aromatic rings. The van der Waals surface area contributed by atoms with E-state index in [1.165, 1.54) is 37.4 Å². The average molecular weight is 642 g/mol. The van der Waals surface area contributed by atoms with E-state index in [0.717, 1.165) is 35.8 Å². The highest BCUT2D eigenvalue weighted by molar-refractivity contribution is 5.90. The van der Waals surface area contributed by atoms with E-state index in [-0.39, 0.29) is 34.5 Å².